The highest BCUT2D eigenvalue weighted by atomic mass is 79.9. The Balaban J connectivity index is 3.68. The van der Waals surface area contributed by atoms with Crippen molar-refractivity contribution >= 4 is 15.9 Å². The van der Waals surface area contributed by atoms with Crippen LogP contribution in [0.3, 0.4) is 0 Å². The van der Waals surface area contributed by atoms with Gasteiger partial charge in [-0.1, -0.05) is 55.3 Å². The molecule has 0 aliphatic heterocycles. The summed E-state index contributed by atoms with van der Waals surface area (Å²) >= 11 is 3.56. The van der Waals surface area contributed by atoms with E-state index in [-0.39, 0.29) is 0 Å². The summed E-state index contributed by atoms with van der Waals surface area (Å²) < 4.78 is 0. The van der Waals surface area contributed by atoms with E-state index in [4.69, 9.17) is 0 Å². The summed E-state index contributed by atoms with van der Waals surface area (Å²) in [4.78, 5) is 0. The molecule has 0 aromatic carbocycles. The summed E-state index contributed by atoms with van der Waals surface area (Å²) in [7, 11) is 0. The summed E-state index contributed by atoms with van der Waals surface area (Å²) in [6, 6.07) is 0. The molecule has 12 heavy (non-hydrogen) atoms. The first kappa shape index (κ1) is 12.2. The van der Waals surface area contributed by atoms with Gasteiger partial charge in [0.1, 0.15) is 0 Å². The molecule has 72 valence electrons. The molecular formula is C11H21Br. The summed E-state index contributed by atoms with van der Waals surface area (Å²) in [5.41, 5.74) is 0. The molecule has 0 heterocycles. The number of hydrogen-bond donors (Lipinski definition) is 0. The SMILES string of the molecule is CC/C=C/CC(C)C(CC)CBr. The zero-order chi connectivity index (χ0) is 9.40. The molecule has 0 aromatic rings. The number of halogens is 1. The van der Waals surface area contributed by atoms with Crippen LogP contribution < -0.4 is 0 Å². The van der Waals surface area contributed by atoms with Crippen LogP contribution in [0.25, 0.3) is 0 Å². The maximum Gasteiger partial charge on any atom is 0.00622 e. The molecule has 2 unspecified atom stereocenters. The third kappa shape index (κ3) is 4.97. The molecule has 0 amide bonds. The summed E-state index contributed by atoms with van der Waals surface area (Å²) in [5.74, 6) is 1.66. The van der Waals surface area contributed by atoms with Crippen LogP contribution in [0.15, 0.2) is 12.2 Å². The van der Waals surface area contributed by atoms with Crippen molar-refractivity contribution in [2.75, 3.05) is 5.33 Å². The van der Waals surface area contributed by atoms with E-state index in [2.05, 4.69) is 48.9 Å². The molecule has 0 aliphatic carbocycles. The highest BCUT2D eigenvalue weighted by molar-refractivity contribution is 9.09. The second kappa shape index (κ2) is 7.85. The second-order valence-electron chi connectivity index (χ2n) is 3.42. The maximum absolute atomic E-state index is 3.56. The van der Waals surface area contributed by atoms with Gasteiger partial charge in [0.25, 0.3) is 0 Å². The first-order valence-corrected chi connectivity index (χ1v) is 6.09. The Morgan fingerprint density at radius 3 is 2.33 bits per heavy atom. The largest absolute Gasteiger partial charge is 0.0925 e. The Bertz CT molecular complexity index is 114. The van der Waals surface area contributed by atoms with Crippen molar-refractivity contribution in [2.45, 2.75) is 40.0 Å². The lowest BCUT2D eigenvalue weighted by molar-refractivity contribution is 0.389. The molecule has 1 heteroatoms. The highest BCUT2D eigenvalue weighted by Gasteiger charge is 2.11. The van der Waals surface area contributed by atoms with Gasteiger partial charge in [0.2, 0.25) is 0 Å². The van der Waals surface area contributed by atoms with Gasteiger partial charge in [-0.25, -0.2) is 0 Å². The average Bonchev–Trinajstić information content (AvgIpc) is 2.07. The summed E-state index contributed by atoms with van der Waals surface area (Å²) in [5, 5.41) is 1.14. The van der Waals surface area contributed by atoms with Crippen LogP contribution in [0.1, 0.15) is 40.0 Å². The lowest BCUT2D eigenvalue weighted by atomic mass is 9.91. The van der Waals surface area contributed by atoms with Crippen molar-refractivity contribution < 1.29 is 0 Å². The van der Waals surface area contributed by atoms with E-state index in [1.54, 1.807) is 0 Å². The fraction of sp³-hybridized carbons (Fsp3) is 0.818. The average molecular weight is 233 g/mol. The molecule has 0 N–H and O–H groups in total. The van der Waals surface area contributed by atoms with Gasteiger partial charge in [-0.2, -0.15) is 0 Å². The predicted octanol–water partition coefficient (Wildman–Crippen LogP) is 4.40. The van der Waals surface area contributed by atoms with Crippen molar-refractivity contribution in [1.82, 2.24) is 0 Å². The second-order valence-corrected chi connectivity index (χ2v) is 4.06. The van der Waals surface area contributed by atoms with Crippen molar-refractivity contribution in [3.05, 3.63) is 12.2 Å². The predicted molar refractivity (Wildman–Crippen MR) is 60.8 cm³/mol. The van der Waals surface area contributed by atoms with E-state index in [0.717, 1.165) is 23.6 Å². The van der Waals surface area contributed by atoms with Gasteiger partial charge >= 0.3 is 0 Å². The third-order valence-corrected chi connectivity index (χ3v) is 3.27. The Morgan fingerprint density at radius 2 is 1.92 bits per heavy atom. The van der Waals surface area contributed by atoms with Crippen molar-refractivity contribution in [3.63, 3.8) is 0 Å². The third-order valence-electron chi connectivity index (χ3n) is 2.44. The number of allylic oxidation sites excluding steroid dienone is 2. The van der Waals surface area contributed by atoms with Crippen LogP contribution in [0.4, 0.5) is 0 Å². The number of alkyl halides is 1. The summed E-state index contributed by atoms with van der Waals surface area (Å²) in [6.45, 7) is 6.80. The van der Waals surface area contributed by atoms with Crippen LogP contribution >= 0.6 is 15.9 Å². The minimum atomic E-state index is 0.817. The Kier molecular flexibility index (Phi) is 7.99. The van der Waals surface area contributed by atoms with E-state index in [9.17, 15) is 0 Å². The van der Waals surface area contributed by atoms with E-state index in [0.29, 0.717) is 0 Å². The van der Waals surface area contributed by atoms with Crippen molar-refractivity contribution in [1.29, 1.82) is 0 Å². The molecule has 0 rings (SSSR count). The van der Waals surface area contributed by atoms with Crippen LogP contribution in [-0.4, -0.2) is 5.33 Å². The minimum absolute atomic E-state index is 0.817. The van der Waals surface area contributed by atoms with E-state index in [1.807, 2.05) is 0 Å². The standard InChI is InChI=1S/C11H21Br/c1-4-6-7-8-10(3)11(5-2)9-12/h6-7,10-11H,4-5,8-9H2,1-3H3/b7-6+. The van der Waals surface area contributed by atoms with Gasteiger partial charge in [-0.15, -0.1) is 0 Å². The fourth-order valence-corrected chi connectivity index (χ4v) is 2.43. The molecule has 0 saturated carbocycles. The quantitative estimate of drug-likeness (QED) is 0.471. The van der Waals surface area contributed by atoms with E-state index >= 15 is 0 Å². The Labute approximate surface area is 85.6 Å². The molecule has 0 aromatic heterocycles. The van der Waals surface area contributed by atoms with Crippen LogP contribution in [0, 0.1) is 11.8 Å². The molecule has 0 bridgehead atoms. The Hall–Kier alpha value is 0.220. The lowest BCUT2D eigenvalue weighted by Gasteiger charge is -2.18. The zero-order valence-corrected chi connectivity index (χ0v) is 10.1. The van der Waals surface area contributed by atoms with Crippen molar-refractivity contribution in [3.8, 4) is 0 Å². The molecule has 0 nitrogen and oxygen atoms in total. The number of hydrogen-bond acceptors (Lipinski definition) is 0. The zero-order valence-electron chi connectivity index (χ0n) is 8.52. The number of rotatable bonds is 6. The first-order valence-electron chi connectivity index (χ1n) is 4.97. The van der Waals surface area contributed by atoms with E-state index in [1.165, 1.54) is 12.8 Å². The molecule has 0 fully saturated rings. The fourth-order valence-electron chi connectivity index (χ4n) is 1.33. The first-order chi connectivity index (χ1) is 5.76. The van der Waals surface area contributed by atoms with Crippen LogP contribution in [-0.2, 0) is 0 Å². The molecule has 0 aliphatic rings. The minimum Gasteiger partial charge on any atom is -0.0925 e. The molecular weight excluding hydrogens is 212 g/mol. The molecule has 0 radical (unpaired) electrons. The maximum atomic E-state index is 3.56. The van der Waals surface area contributed by atoms with Gasteiger partial charge in [0.15, 0.2) is 0 Å². The lowest BCUT2D eigenvalue weighted by Crippen LogP contribution is -2.11. The van der Waals surface area contributed by atoms with Crippen molar-refractivity contribution in [2.24, 2.45) is 11.8 Å². The molecule has 0 spiro atoms. The van der Waals surface area contributed by atoms with Crippen LogP contribution in [0.2, 0.25) is 0 Å². The Morgan fingerprint density at radius 1 is 1.25 bits per heavy atom. The van der Waals surface area contributed by atoms with Gasteiger partial charge < -0.3 is 0 Å². The normalized spacial score (nSPS) is 16.7. The van der Waals surface area contributed by atoms with Gasteiger partial charge in [0, 0.05) is 5.33 Å². The van der Waals surface area contributed by atoms with Crippen LogP contribution in [0.5, 0.6) is 0 Å². The van der Waals surface area contributed by atoms with Gasteiger partial charge in [-0.05, 0) is 24.7 Å². The monoisotopic (exact) mass is 232 g/mol. The van der Waals surface area contributed by atoms with Gasteiger partial charge in [0.05, 0.1) is 0 Å². The van der Waals surface area contributed by atoms with E-state index < -0.39 is 0 Å². The molecule has 0 saturated heterocycles. The smallest absolute Gasteiger partial charge is 0.00622 e. The topological polar surface area (TPSA) is 0 Å². The summed E-state index contributed by atoms with van der Waals surface area (Å²) in [6.07, 6.45) is 8.26. The van der Waals surface area contributed by atoms with Gasteiger partial charge in [-0.3, -0.25) is 0 Å². The highest BCUT2D eigenvalue weighted by Crippen LogP contribution is 2.21. The molecule has 2 atom stereocenters.